The maximum Gasteiger partial charge on any atom is 0.191 e. The van der Waals surface area contributed by atoms with Gasteiger partial charge in [0.15, 0.2) is 11.8 Å². The average molecular weight is 466 g/mol. The van der Waals surface area contributed by atoms with Crippen molar-refractivity contribution in [2.45, 2.75) is 38.6 Å². The van der Waals surface area contributed by atoms with E-state index < -0.39 is 0 Å². The third kappa shape index (κ3) is 6.12. The summed E-state index contributed by atoms with van der Waals surface area (Å²) in [6.45, 7) is 1.63. The molecule has 0 saturated heterocycles. The molecule has 1 aromatic carbocycles. The summed E-state index contributed by atoms with van der Waals surface area (Å²) in [7, 11) is 1.81. The van der Waals surface area contributed by atoms with Gasteiger partial charge in [0, 0.05) is 25.7 Å². The number of benzene rings is 1. The number of hydrogen-bond donors (Lipinski definition) is 3. The van der Waals surface area contributed by atoms with Gasteiger partial charge in [-0.1, -0.05) is 29.8 Å². The van der Waals surface area contributed by atoms with Gasteiger partial charge >= 0.3 is 0 Å². The molecule has 1 aromatic heterocycles. The Hall–Kier alpha value is -1.90. The lowest BCUT2D eigenvalue weighted by atomic mass is 9.97. The molecular formula is C19H27IN6. The van der Waals surface area contributed by atoms with E-state index >= 15 is 0 Å². The van der Waals surface area contributed by atoms with E-state index in [0.29, 0.717) is 6.54 Å². The fraction of sp³-hybridized carbons (Fsp3) is 0.421. The van der Waals surface area contributed by atoms with Crippen molar-refractivity contribution in [3.63, 3.8) is 0 Å². The van der Waals surface area contributed by atoms with E-state index in [1.807, 2.05) is 12.1 Å². The van der Waals surface area contributed by atoms with Gasteiger partial charge in [0.1, 0.15) is 6.33 Å². The molecule has 0 amide bonds. The van der Waals surface area contributed by atoms with Gasteiger partial charge in [-0.05, 0) is 43.7 Å². The van der Waals surface area contributed by atoms with Gasteiger partial charge in [0.05, 0.1) is 0 Å². The minimum Gasteiger partial charge on any atom is -0.356 e. The zero-order valence-electron chi connectivity index (χ0n) is 15.2. The van der Waals surface area contributed by atoms with Crippen molar-refractivity contribution in [3.05, 3.63) is 47.8 Å². The van der Waals surface area contributed by atoms with Crippen LogP contribution in [0.3, 0.4) is 0 Å². The average Bonchev–Trinajstić information content (AvgIpc) is 3.20. The Morgan fingerprint density at radius 1 is 1.27 bits per heavy atom. The second-order valence-electron chi connectivity index (χ2n) is 6.25. The van der Waals surface area contributed by atoms with Gasteiger partial charge in [-0.2, -0.15) is 5.10 Å². The number of H-pyrrole nitrogens is 1. The summed E-state index contributed by atoms with van der Waals surface area (Å²) in [5.41, 5.74) is 3.78. The Morgan fingerprint density at radius 2 is 2.19 bits per heavy atom. The standard InChI is InChI=1S/C19H26N6.HI/c1-20-19(21-11-10-15-6-3-2-4-7-15)22-13-16-8-5-9-17(12-16)18-23-14-24-25-18;/h5-6,8-9,12,14H,2-4,7,10-11,13H2,1H3,(H2,20,21,22)(H,23,24,25);1H. The third-order valence-corrected chi connectivity index (χ3v) is 4.42. The van der Waals surface area contributed by atoms with E-state index in [-0.39, 0.29) is 24.0 Å². The zero-order valence-corrected chi connectivity index (χ0v) is 17.5. The van der Waals surface area contributed by atoms with Gasteiger partial charge in [-0.3, -0.25) is 10.1 Å². The van der Waals surface area contributed by atoms with Crippen LogP contribution in [0.4, 0.5) is 0 Å². The molecule has 1 heterocycles. The highest BCUT2D eigenvalue weighted by atomic mass is 127. The fourth-order valence-corrected chi connectivity index (χ4v) is 3.05. The van der Waals surface area contributed by atoms with Crippen molar-refractivity contribution in [2.75, 3.05) is 13.6 Å². The molecule has 3 N–H and O–H groups in total. The number of aromatic nitrogens is 3. The summed E-state index contributed by atoms with van der Waals surface area (Å²) in [5, 5.41) is 13.6. The Labute approximate surface area is 172 Å². The first-order valence-electron chi connectivity index (χ1n) is 8.92. The largest absolute Gasteiger partial charge is 0.356 e. The first-order chi connectivity index (χ1) is 12.3. The molecule has 2 aromatic rings. The second-order valence-corrected chi connectivity index (χ2v) is 6.25. The highest BCUT2D eigenvalue weighted by molar-refractivity contribution is 14.0. The summed E-state index contributed by atoms with van der Waals surface area (Å²) >= 11 is 0. The Kier molecular flexibility index (Phi) is 8.60. The molecular weight excluding hydrogens is 439 g/mol. The summed E-state index contributed by atoms with van der Waals surface area (Å²) in [4.78, 5) is 8.50. The number of nitrogens with zero attached hydrogens (tertiary/aromatic N) is 3. The van der Waals surface area contributed by atoms with E-state index in [4.69, 9.17) is 0 Å². The van der Waals surface area contributed by atoms with Gasteiger partial charge < -0.3 is 10.6 Å². The van der Waals surface area contributed by atoms with Gasteiger partial charge in [-0.15, -0.1) is 24.0 Å². The van der Waals surface area contributed by atoms with Crippen LogP contribution in [0.15, 0.2) is 47.2 Å². The molecule has 0 fully saturated rings. The zero-order chi connectivity index (χ0) is 17.3. The number of aliphatic imine (C=N–C) groups is 1. The topological polar surface area (TPSA) is 78.0 Å². The molecule has 26 heavy (non-hydrogen) atoms. The molecule has 0 bridgehead atoms. The molecule has 0 saturated carbocycles. The maximum atomic E-state index is 4.30. The van der Waals surface area contributed by atoms with Crippen LogP contribution in [-0.4, -0.2) is 34.7 Å². The fourth-order valence-electron chi connectivity index (χ4n) is 3.05. The lowest BCUT2D eigenvalue weighted by molar-refractivity contribution is 0.665. The van der Waals surface area contributed by atoms with Crippen LogP contribution in [0.2, 0.25) is 0 Å². The van der Waals surface area contributed by atoms with Crippen LogP contribution >= 0.6 is 24.0 Å². The minimum absolute atomic E-state index is 0. The number of aromatic amines is 1. The number of nitrogens with one attached hydrogen (secondary N) is 3. The molecule has 3 rings (SSSR count). The molecule has 6 nitrogen and oxygen atoms in total. The highest BCUT2D eigenvalue weighted by Gasteiger charge is 2.05. The Balaban J connectivity index is 0.00000243. The SMILES string of the molecule is CN=C(NCCC1=CCCCC1)NCc1cccc(-c2ncn[nH]2)c1.I. The number of guanidine groups is 1. The summed E-state index contributed by atoms with van der Waals surface area (Å²) in [5.74, 6) is 1.62. The van der Waals surface area contributed by atoms with Crippen molar-refractivity contribution in [1.82, 2.24) is 25.8 Å². The van der Waals surface area contributed by atoms with E-state index in [1.54, 1.807) is 12.6 Å². The van der Waals surface area contributed by atoms with E-state index in [9.17, 15) is 0 Å². The monoisotopic (exact) mass is 466 g/mol. The van der Waals surface area contributed by atoms with Gasteiger partial charge in [0.2, 0.25) is 0 Å². The quantitative estimate of drug-likeness (QED) is 0.263. The Morgan fingerprint density at radius 3 is 2.92 bits per heavy atom. The molecule has 1 aliphatic rings. The first-order valence-corrected chi connectivity index (χ1v) is 8.92. The number of allylic oxidation sites excluding steroid dienone is 1. The molecule has 1 aliphatic carbocycles. The smallest absolute Gasteiger partial charge is 0.191 e. The van der Waals surface area contributed by atoms with Crippen molar-refractivity contribution >= 4 is 29.9 Å². The molecule has 140 valence electrons. The highest BCUT2D eigenvalue weighted by Crippen LogP contribution is 2.19. The van der Waals surface area contributed by atoms with Crippen LogP contribution in [-0.2, 0) is 6.54 Å². The maximum absolute atomic E-state index is 4.30. The summed E-state index contributed by atoms with van der Waals surface area (Å²) < 4.78 is 0. The van der Waals surface area contributed by atoms with Crippen LogP contribution in [0.25, 0.3) is 11.4 Å². The van der Waals surface area contributed by atoms with Crippen molar-refractivity contribution < 1.29 is 0 Å². The number of hydrogen-bond acceptors (Lipinski definition) is 3. The molecule has 7 heteroatoms. The lowest BCUT2D eigenvalue weighted by Crippen LogP contribution is -2.37. The van der Waals surface area contributed by atoms with E-state index in [1.165, 1.54) is 37.6 Å². The predicted molar refractivity (Wildman–Crippen MR) is 117 cm³/mol. The minimum atomic E-state index is 0. The Bertz CT molecular complexity index is 723. The van der Waals surface area contributed by atoms with Crippen LogP contribution in [0.1, 0.15) is 37.7 Å². The third-order valence-electron chi connectivity index (χ3n) is 4.42. The van der Waals surface area contributed by atoms with Crippen LogP contribution in [0.5, 0.6) is 0 Å². The normalized spacial score (nSPS) is 14.3. The van der Waals surface area contributed by atoms with E-state index in [0.717, 1.165) is 30.3 Å². The van der Waals surface area contributed by atoms with Crippen LogP contribution < -0.4 is 10.6 Å². The number of halogens is 1. The summed E-state index contributed by atoms with van der Waals surface area (Å²) in [6, 6.07) is 8.25. The van der Waals surface area contributed by atoms with Crippen LogP contribution in [0, 0.1) is 0 Å². The second kappa shape index (κ2) is 10.9. The molecule has 0 spiro atoms. The van der Waals surface area contributed by atoms with Crippen molar-refractivity contribution in [3.8, 4) is 11.4 Å². The molecule has 0 atom stereocenters. The lowest BCUT2D eigenvalue weighted by Gasteiger charge is -2.15. The predicted octanol–water partition coefficient (Wildman–Crippen LogP) is 3.65. The molecule has 0 unspecified atom stereocenters. The first kappa shape index (κ1) is 20.4. The molecule has 0 radical (unpaired) electrons. The molecule has 0 aliphatic heterocycles. The summed E-state index contributed by atoms with van der Waals surface area (Å²) in [6.07, 6.45) is 10.2. The van der Waals surface area contributed by atoms with Crippen molar-refractivity contribution in [2.24, 2.45) is 4.99 Å². The van der Waals surface area contributed by atoms with Crippen molar-refractivity contribution in [1.29, 1.82) is 0 Å². The van der Waals surface area contributed by atoms with E-state index in [2.05, 4.69) is 49.0 Å². The van der Waals surface area contributed by atoms with Gasteiger partial charge in [0.25, 0.3) is 0 Å². The number of rotatable bonds is 6. The van der Waals surface area contributed by atoms with Gasteiger partial charge in [-0.25, -0.2) is 4.98 Å².